The fraction of sp³-hybridized carbons (Fsp3) is 0.538. The molecular weight excluding hydrogens is 200 g/mol. The quantitative estimate of drug-likeness (QED) is 0.762. The van der Waals surface area contributed by atoms with Gasteiger partial charge in [-0.25, -0.2) is 0 Å². The van der Waals surface area contributed by atoms with Crippen molar-refractivity contribution < 1.29 is 4.74 Å². The number of benzene rings is 1. The zero-order valence-corrected chi connectivity index (χ0v) is 9.83. The maximum absolute atomic E-state index is 5.88. The molecule has 1 fully saturated rings. The summed E-state index contributed by atoms with van der Waals surface area (Å²) >= 11 is 0. The minimum absolute atomic E-state index is 0.0174. The molecule has 1 atom stereocenters. The van der Waals surface area contributed by atoms with Crippen LogP contribution in [0.3, 0.4) is 0 Å². The van der Waals surface area contributed by atoms with Gasteiger partial charge in [0.2, 0.25) is 0 Å². The fourth-order valence-corrected chi connectivity index (χ4v) is 2.13. The van der Waals surface area contributed by atoms with Crippen molar-refractivity contribution in [2.24, 2.45) is 0 Å². The van der Waals surface area contributed by atoms with Gasteiger partial charge in [0.25, 0.3) is 0 Å². The highest BCUT2D eigenvalue weighted by molar-refractivity contribution is 5.46. The standard InChI is InChI=1S/C13H20N2O/c1-13(7-4-8-16-13)10-15-9-11-5-2-3-6-12(11)14/h2-3,5-6,15H,4,7-10,14H2,1H3. The van der Waals surface area contributed by atoms with Gasteiger partial charge in [0.1, 0.15) is 0 Å². The molecular formula is C13H20N2O. The van der Waals surface area contributed by atoms with Crippen LogP contribution < -0.4 is 11.1 Å². The predicted molar refractivity (Wildman–Crippen MR) is 66.2 cm³/mol. The van der Waals surface area contributed by atoms with E-state index < -0.39 is 0 Å². The summed E-state index contributed by atoms with van der Waals surface area (Å²) in [5.74, 6) is 0. The van der Waals surface area contributed by atoms with Crippen molar-refractivity contribution in [1.82, 2.24) is 5.32 Å². The van der Waals surface area contributed by atoms with Gasteiger partial charge >= 0.3 is 0 Å². The van der Waals surface area contributed by atoms with Crippen molar-refractivity contribution in [2.75, 3.05) is 18.9 Å². The second-order valence-electron chi connectivity index (χ2n) is 4.70. The average Bonchev–Trinajstić information content (AvgIpc) is 2.68. The zero-order chi connectivity index (χ0) is 11.4. The summed E-state index contributed by atoms with van der Waals surface area (Å²) in [7, 11) is 0. The van der Waals surface area contributed by atoms with Crippen LogP contribution in [0.25, 0.3) is 0 Å². The minimum atomic E-state index is 0.0174. The fourth-order valence-electron chi connectivity index (χ4n) is 2.13. The first-order valence-electron chi connectivity index (χ1n) is 5.88. The Kier molecular flexibility index (Phi) is 3.46. The lowest BCUT2D eigenvalue weighted by atomic mass is 10.0. The summed E-state index contributed by atoms with van der Waals surface area (Å²) in [4.78, 5) is 0. The molecule has 0 bridgehead atoms. The number of hydrogen-bond acceptors (Lipinski definition) is 3. The Balaban J connectivity index is 1.82. The van der Waals surface area contributed by atoms with Crippen molar-refractivity contribution in [3.05, 3.63) is 29.8 Å². The monoisotopic (exact) mass is 220 g/mol. The zero-order valence-electron chi connectivity index (χ0n) is 9.83. The number of ether oxygens (including phenoxy) is 1. The smallest absolute Gasteiger partial charge is 0.0779 e. The molecule has 0 aromatic heterocycles. The molecule has 3 nitrogen and oxygen atoms in total. The van der Waals surface area contributed by atoms with Gasteiger partial charge in [-0.3, -0.25) is 0 Å². The van der Waals surface area contributed by atoms with E-state index in [9.17, 15) is 0 Å². The Labute approximate surface area is 97.0 Å². The SMILES string of the molecule is CC1(CNCc2ccccc2N)CCCO1. The van der Waals surface area contributed by atoms with Gasteiger partial charge in [0.05, 0.1) is 5.60 Å². The van der Waals surface area contributed by atoms with Gasteiger partial charge in [-0.15, -0.1) is 0 Å². The summed E-state index contributed by atoms with van der Waals surface area (Å²) in [6.45, 7) is 4.76. The van der Waals surface area contributed by atoms with Crippen LogP contribution in [-0.4, -0.2) is 18.8 Å². The number of hydrogen-bond donors (Lipinski definition) is 2. The maximum Gasteiger partial charge on any atom is 0.0779 e. The Hall–Kier alpha value is -1.06. The number of para-hydroxylation sites is 1. The molecule has 0 spiro atoms. The first kappa shape index (κ1) is 11.4. The molecule has 0 amide bonds. The van der Waals surface area contributed by atoms with Gasteiger partial charge in [-0.1, -0.05) is 18.2 Å². The third kappa shape index (κ3) is 2.74. The molecule has 1 saturated heterocycles. The van der Waals surface area contributed by atoms with Crippen molar-refractivity contribution in [3.63, 3.8) is 0 Å². The number of rotatable bonds is 4. The third-order valence-corrected chi connectivity index (χ3v) is 3.17. The first-order chi connectivity index (χ1) is 7.70. The van der Waals surface area contributed by atoms with Crippen LogP contribution >= 0.6 is 0 Å². The molecule has 3 heteroatoms. The molecule has 2 rings (SSSR count). The molecule has 1 aliphatic heterocycles. The normalized spacial score (nSPS) is 24.8. The van der Waals surface area contributed by atoms with Crippen molar-refractivity contribution >= 4 is 5.69 Å². The van der Waals surface area contributed by atoms with Gasteiger partial charge in [0.15, 0.2) is 0 Å². The van der Waals surface area contributed by atoms with Crippen LogP contribution in [-0.2, 0) is 11.3 Å². The summed E-state index contributed by atoms with van der Waals surface area (Å²) in [6.07, 6.45) is 2.32. The molecule has 1 unspecified atom stereocenters. The second kappa shape index (κ2) is 4.85. The lowest BCUT2D eigenvalue weighted by Gasteiger charge is -2.23. The molecule has 1 aromatic carbocycles. The third-order valence-electron chi connectivity index (χ3n) is 3.17. The molecule has 1 aliphatic rings. The van der Waals surface area contributed by atoms with E-state index in [2.05, 4.69) is 18.3 Å². The molecule has 16 heavy (non-hydrogen) atoms. The molecule has 0 aliphatic carbocycles. The number of nitrogens with one attached hydrogen (secondary N) is 1. The molecule has 3 N–H and O–H groups in total. The topological polar surface area (TPSA) is 47.3 Å². The van der Waals surface area contributed by atoms with E-state index in [0.29, 0.717) is 0 Å². The van der Waals surface area contributed by atoms with Crippen LogP contribution in [0, 0.1) is 0 Å². The number of nitrogen functional groups attached to an aromatic ring is 1. The maximum atomic E-state index is 5.88. The molecule has 1 heterocycles. The highest BCUT2D eigenvalue weighted by Crippen LogP contribution is 2.24. The van der Waals surface area contributed by atoms with Crippen molar-refractivity contribution in [1.29, 1.82) is 0 Å². The Morgan fingerprint density at radius 2 is 2.25 bits per heavy atom. The van der Waals surface area contributed by atoms with Crippen LogP contribution in [0.2, 0.25) is 0 Å². The van der Waals surface area contributed by atoms with Gasteiger partial charge < -0.3 is 15.8 Å². The lowest BCUT2D eigenvalue weighted by molar-refractivity contribution is 0.0207. The summed E-state index contributed by atoms with van der Waals surface area (Å²) in [5.41, 5.74) is 7.90. The summed E-state index contributed by atoms with van der Waals surface area (Å²) in [6, 6.07) is 7.96. The molecule has 88 valence electrons. The van der Waals surface area contributed by atoms with E-state index >= 15 is 0 Å². The Morgan fingerprint density at radius 3 is 2.94 bits per heavy atom. The van der Waals surface area contributed by atoms with E-state index in [1.54, 1.807) is 0 Å². The lowest BCUT2D eigenvalue weighted by Crippen LogP contribution is -2.36. The molecule has 1 aromatic rings. The van der Waals surface area contributed by atoms with Gasteiger partial charge in [-0.2, -0.15) is 0 Å². The number of anilines is 1. The Morgan fingerprint density at radius 1 is 1.44 bits per heavy atom. The van der Waals surface area contributed by atoms with Crippen molar-refractivity contribution in [2.45, 2.75) is 31.9 Å². The van der Waals surface area contributed by atoms with Gasteiger partial charge in [0, 0.05) is 25.4 Å². The van der Waals surface area contributed by atoms with E-state index in [1.165, 1.54) is 6.42 Å². The highest BCUT2D eigenvalue weighted by atomic mass is 16.5. The van der Waals surface area contributed by atoms with Crippen LogP contribution in [0.1, 0.15) is 25.3 Å². The van der Waals surface area contributed by atoms with Crippen LogP contribution in [0.4, 0.5) is 5.69 Å². The van der Waals surface area contributed by atoms with Crippen LogP contribution in [0.5, 0.6) is 0 Å². The first-order valence-corrected chi connectivity index (χ1v) is 5.88. The van der Waals surface area contributed by atoms with E-state index in [1.807, 2.05) is 18.2 Å². The van der Waals surface area contributed by atoms with E-state index in [0.717, 1.165) is 37.4 Å². The Bertz CT molecular complexity index is 346. The van der Waals surface area contributed by atoms with E-state index in [-0.39, 0.29) is 5.60 Å². The summed E-state index contributed by atoms with van der Waals surface area (Å²) in [5, 5.41) is 3.42. The number of nitrogens with two attached hydrogens (primary N) is 1. The largest absolute Gasteiger partial charge is 0.398 e. The predicted octanol–water partition coefficient (Wildman–Crippen LogP) is 1.93. The highest BCUT2D eigenvalue weighted by Gasteiger charge is 2.28. The van der Waals surface area contributed by atoms with Crippen molar-refractivity contribution in [3.8, 4) is 0 Å². The summed E-state index contributed by atoms with van der Waals surface area (Å²) < 4.78 is 5.71. The molecule has 0 saturated carbocycles. The van der Waals surface area contributed by atoms with Gasteiger partial charge in [-0.05, 0) is 31.4 Å². The average molecular weight is 220 g/mol. The minimum Gasteiger partial charge on any atom is -0.398 e. The second-order valence-corrected chi connectivity index (χ2v) is 4.70. The van der Waals surface area contributed by atoms with Crippen LogP contribution in [0.15, 0.2) is 24.3 Å². The van der Waals surface area contributed by atoms with E-state index in [4.69, 9.17) is 10.5 Å². The molecule has 0 radical (unpaired) electrons.